The number of aromatic nitrogens is 2. The van der Waals surface area contributed by atoms with E-state index < -0.39 is 0 Å². The van der Waals surface area contributed by atoms with Crippen molar-refractivity contribution < 1.29 is 0 Å². The molecule has 5 rings (SSSR count). The van der Waals surface area contributed by atoms with E-state index in [0.29, 0.717) is 0 Å². The normalized spacial score (nSPS) is 11.4. The van der Waals surface area contributed by atoms with Gasteiger partial charge in [-0.2, -0.15) is 0 Å². The molecule has 0 radical (unpaired) electrons. The molecule has 4 heteroatoms. The van der Waals surface area contributed by atoms with Crippen LogP contribution in [-0.2, 0) is 0 Å². The van der Waals surface area contributed by atoms with Gasteiger partial charge >= 0.3 is 0 Å². The zero-order chi connectivity index (χ0) is 22.1. The third kappa shape index (κ3) is 3.93. The highest BCUT2D eigenvalue weighted by Gasteiger charge is 2.07. The van der Waals surface area contributed by atoms with Gasteiger partial charge in [-0.25, -0.2) is 4.98 Å². The summed E-state index contributed by atoms with van der Waals surface area (Å²) in [7, 11) is 0. The third-order valence-electron chi connectivity index (χ3n) is 5.47. The van der Waals surface area contributed by atoms with Crippen molar-refractivity contribution in [2.45, 2.75) is 0 Å². The monoisotopic (exact) mass is 477 g/mol. The molecule has 2 N–H and O–H groups in total. The highest BCUT2D eigenvalue weighted by Crippen LogP contribution is 2.28. The summed E-state index contributed by atoms with van der Waals surface area (Å²) in [6.07, 6.45) is 5.79. The minimum Gasteiger partial charge on any atom is -0.398 e. The second-order valence-corrected chi connectivity index (χ2v) is 8.54. The molecule has 3 aromatic carbocycles. The second-order valence-electron chi connectivity index (χ2n) is 7.62. The van der Waals surface area contributed by atoms with Crippen molar-refractivity contribution in [3.8, 4) is 11.3 Å². The van der Waals surface area contributed by atoms with E-state index >= 15 is 0 Å². The van der Waals surface area contributed by atoms with E-state index in [1.807, 2.05) is 48.7 Å². The van der Waals surface area contributed by atoms with Gasteiger partial charge in [0.2, 0.25) is 0 Å². The summed E-state index contributed by atoms with van der Waals surface area (Å²) in [5, 5.41) is 2.17. The molecule has 2 aromatic heterocycles. The number of nitrogens with two attached hydrogens (primary N) is 1. The fraction of sp³-hybridized carbons (Fsp3) is 0. The number of anilines is 1. The Morgan fingerprint density at radius 3 is 2.56 bits per heavy atom. The number of fused-ring (bicyclic) bond motifs is 3. The number of rotatable bonds is 4. The number of nitrogen functional groups attached to an aromatic ring is 1. The lowest BCUT2D eigenvalue weighted by atomic mass is 10.0. The molecule has 0 aliphatic rings. The van der Waals surface area contributed by atoms with Crippen molar-refractivity contribution in [1.82, 2.24) is 9.97 Å². The van der Waals surface area contributed by atoms with Crippen molar-refractivity contribution in [2.24, 2.45) is 0 Å². The molecule has 0 fully saturated rings. The minimum absolute atomic E-state index is 0.729. The van der Waals surface area contributed by atoms with Crippen molar-refractivity contribution in [2.75, 3.05) is 5.73 Å². The third-order valence-corrected chi connectivity index (χ3v) is 5.97. The fourth-order valence-electron chi connectivity index (χ4n) is 3.74. The quantitative estimate of drug-likeness (QED) is 0.165. The molecule has 0 spiro atoms. The molecule has 0 bridgehead atoms. The summed E-state index contributed by atoms with van der Waals surface area (Å²) in [6.45, 7) is 4.25. The van der Waals surface area contributed by atoms with Gasteiger partial charge in [-0.1, -0.05) is 77.1 Å². The first-order chi connectivity index (χ1) is 15.6. The van der Waals surface area contributed by atoms with E-state index in [-0.39, 0.29) is 0 Å². The van der Waals surface area contributed by atoms with Gasteiger partial charge in [-0.15, -0.1) is 0 Å². The molecule has 0 atom stereocenters. The van der Waals surface area contributed by atoms with Crippen LogP contribution in [0.15, 0.2) is 102 Å². The molecule has 0 unspecified atom stereocenters. The van der Waals surface area contributed by atoms with Crippen LogP contribution in [0.3, 0.4) is 0 Å². The van der Waals surface area contributed by atoms with Crippen molar-refractivity contribution >= 4 is 55.1 Å². The number of halogens is 1. The van der Waals surface area contributed by atoms with E-state index in [4.69, 9.17) is 10.7 Å². The van der Waals surface area contributed by atoms with Crippen molar-refractivity contribution in [3.63, 3.8) is 0 Å². The first kappa shape index (κ1) is 20.2. The Hall–Kier alpha value is -3.76. The van der Waals surface area contributed by atoms with Gasteiger partial charge in [0.05, 0.1) is 16.7 Å². The summed E-state index contributed by atoms with van der Waals surface area (Å²) in [5.41, 5.74) is 13.5. The lowest BCUT2D eigenvalue weighted by Crippen LogP contribution is -1.90. The van der Waals surface area contributed by atoms with E-state index in [1.165, 1.54) is 0 Å². The van der Waals surface area contributed by atoms with E-state index in [2.05, 4.69) is 76.0 Å². The number of nitrogens with zero attached hydrogens (tertiary/aromatic N) is 2. The minimum atomic E-state index is 0.729. The zero-order valence-electron chi connectivity index (χ0n) is 17.3. The Morgan fingerprint density at radius 2 is 1.69 bits per heavy atom. The summed E-state index contributed by atoms with van der Waals surface area (Å²) >= 11 is 3.49. The van der Waals surface area contributed by atoms with Gasteiger partial charge in [-0.05, 0) is 53.1 Å². The maximum Gasteiger partial charge on any atom is 0.0972 e. The van der Waals surface area contributed by atoms with Crippen LogP contribution >= 0.6 is 15.9 Å². The number of pyridine rings is 2. The van der Waals surface area contributed by atoms with Crippen LogP contribution in [0.25, 0.3) is 44.7 Å². The number of benzene rings is 3. The Bertz CT molecular complexity index is 1520. The van der Waals surface area contributed by atoms with Crippen LogP contribution in [0.2, 0.25) is 0 Å². The molecule has 0 aliphatic heterocycles. The van der Waals surface area contributed by atoms with Gasteiger partial charge in [0.25, 0.3) is 0 Å². The summed E-state index contributed by atoms with van der Waals surface area (Å²) in [5.74, 6) is 0. The Kier molecular flexibility index (Phi) is 5.29. The van der Waals surface area contributed by atoms with Gasteiger partial charge < -0.3 is 5.73 Å². The molecule has 2 heterocycles. The molecule has 3 nitrogen and oxygen atoms in total. The summed E-state index contributed by atoms with van der Waals surface area (Å²) in [6, 6.07) is 26.4. The largest absolute Gasteiger partial charge is 0.398 e. The molecule has 154 valence electrons. The first-order valence-corrected chi connectivity index (χ1v) is 11.1. The standard InChI is InChI=1S/C28H20BrN3/c1-18(7-8-22-17-24(29)12-13-25(22)30)21-4-2-5-23(16-21)26-14-11-20-10-9-19-6-3-15-31-27(19)28(20)32-26/h2-17H,1,30H2/b8-7-. The first-order valence-electron chi connectivity index (χ1n) is 10.3. The molecule has 0 aliphatic carbocycles. The van der Waals surface area contributed by atoms with Gasteiger partial charge in [0.15, 0.2) is 0 Å². The summed E-state index contributed by atoms with van der Waals surface area (Å²) in [4.78, 5) is 9.51. The van der Waals surface area contributed by atoms with Crippen LogP contribution in [0, 0.1) is 0 Å². The second kappa shape index (κ2) is 8.40. The maximum absolute atomic E-state index is 6.08. The van der Waals surface area contributed by atoms with E-state index in [0.717, 1.165) is 59.9 Å². The lowest BCUT2D eigenvalue weighted by Gasteiger charge is -2.08. The van der Waals surface area contributed by atoms with Crippen LogP contribution in [0.4, 0.5) is 5.69 Å². The molecule has 0 saturated heterocycles. The van der Waals surface area contributed by atoms with Crippen LogP contribution in [0.1, 0.15) is 11.1 Å². The number of hydrogen-bond acceptors (Lipinski definition) is 3. The molecular formula is C28H20BrN3. The predicted octanol–water partition coefficient (Wildman–Crippen LogP) is 7.52. The molecule has 0 saturated carbocycles. The SMILES string of the molecule is C=C(/C=C\c1cc(Br)ccc1N)c1cccc(-c2ccc3ccc4cccnc4c3n2)c1. The van der Waals surface area contributed by atoms with E-state index in [1.54, 1.807) is 0 Å². The molecular weight excluding hydrogens is 458 g/mol. The topological polar surface area (TPSA) is 51.8 Å². The molecule has 32 heavy (non-hydrogen) atoms. The molecule has 0 amide bonds. The lowest BCUT2D eigenvalue weighted by molar-refractivity contribution is 1.37. The highest BCUT2D eigenvalue weighted by atomic mass is 79.9. The Labute approximate surface area is 195 Å². The van der Waals surface area contributed by atoms with Crippen molar-refractivity contribution in [1.29, 1.82) is 0 Å². The van der Waals surface area contributed by atoms with Crippen LogP contribution in [0.5, 0.6) is 0 Å². The average Bonchev–Trinajstić information content (AvgIpc) is 2.84. The predicted molar refractivity (Wildman–Crippen MR) is 139 cm³/mol. The van der Waals surface area contributed by atoms with Gasteiger partial charge in [0, 0.05) is 32.7 Å². The number of hydrogen-bond donors (Lipinski definition) is 1. The van der Waals surface area contributed by atoms with E-state index in [9.17, 15) is 0 Å². The average molecular weight is 478 g/mol. The fourth-order valence-corrected chi connectivity index (χ4v) is 4.12. The Balaban J connectivity index is 1.50. The van der Waals surface area contributed by atoms with Crippen LogP contribution < -0.4 is 5.73 Å². The Morgan fingerprint density at radius 1 is 0.875 bits per heavy atom. The zero-order valence-corrected chi connectivity index (χ0v) is 18.9. The smallest absolute Gasteiger partial charge is 0.0972 e. The van der Waals surface area contributed by atoms with Gasteiger partial charge in [0.1, 0.15) is 0 Å². The molecule has 5 aromatic rings. The van der Waals surface area contributed by atoms with Crippen molar-refractivity contribution in [3.05, 3.63) is 113 Å². The number of allylic oxidation sites excluding steroid dienone is 2. The highest BCUT2D eigenvalue weighted by molar-refractivity contribution is 9.10. The van der Waals surface area contributed by atoms with Gasteiger partial charge in [-0.3, -0.25) is 4.98 Å². The maximum atomic E-state index is 6.08. The summed E-state index contributed by atoms with van der Waals surface area (Å²) < 4.78 is 0.989. The van der Waals surface area contributed by atoms with Crippen LogP contribution in [-0.4, -0.2) is 9.97 Å².